The highest BCUT2D eigenvalue weighted by Crippen LogP contribution is 2.21. The molecule has 22 heteroatoms. The van der Waals surface area contributed by atoms with E-state index in [-0.39, 0.29) is 25.0 Å². The summed E-state index contributed by atoms with van der Waals surface area (Å²) in [5.41, 5.74) is 47.3. The molecule has 0 aromatic rings. The Morgan fingerprint density at radius 1 is 0.480 bits per heavy atom. The lowest BCUT2D eigenvalue weighted by molar-refractivity contribution is -0.139. The van der Waals surface area contributed by atoms with E-state index in [0.717, 1.165) is 169 Å². The smallest absolute Gasteiger partial charge is 0.163 e. The van der Waals surface area contributed by atoms with Crippen molar-refractivity contribution in [2.75, 3.05) is 166 Å². The quantitative estimate of drug-likeness (QED) is 0.0309. The highest BCUT2D eigenvalue weighted by Gasteiger charge is 2.31. The summed E-state index contributed by atoms with van der Waals surface area (Å²) >= 11 is 0. The van der Waals surface area contributed by atoms with Gasteiger partial charge in [0.15, 0.2) is 24.7 Å². The van der Waals surface area contributed by atoms with E-state index < -0.39 is 5.79 Å². The Hall–Kier alpha value is -0.880. The van der Waals surface area contributed by atoms with Crippen LogP contribution in [-0.4, -0.2) is 203 Å². The van der Waals surface area contributed by atoms with E-state index in [1.54, 1.807) is 21.3 Å². The molecule has 464 valence electrons. The fraction of sp³-hybridized carbons (Fsp3) is 1.00. The van der Waals surface area contributed by atoms with Crippen LogP contribution in [0.15, 0.2) is 0 Å². The van der Waals surface area contributed by atoms with Gasteiger partial charge in [-0.1, -0.05) is 20.3 Å². The van der Waals surface area contributed by atoms with Crippen LogP contribution in [0.3, 0.4) is 0 Å². The number of hydrogen-bond acceptors (Lipinski definition) is 22. The van der Waals surface area contributed by atoms with Crippen molar-refractivity contribution in [2.45, 2.75) is 183 Å². The summed E-state index contributed by atoms with van der Waals surface area (Å²) in [7, 11) is 4.94. The van der Waals surface area contributed by atoms with Crippen LogP contribution in [0.5, 0.6) is 0 Å². The van der Waals surface area contributed by atoms with Crippen LogP contribution in [-0.2, 0) is 61.6 Å². The Morgan fingerprint density at radius 3 is 1.25 bits per heavy atom. The van der Waals surface area contributed by atoms with E-state index in [9.17, 15) is 0 Å². The summed E-state index contributed by atoms with van der Waals surface area (Å²) in [4.78, 5) is 0. The minimum Gasteiger partial charge on any atom is -0.385 e. The van der Waals surface area contributed by atoms with Crippen LogP contribution in [0.1, 0.15) is 146 Å². The third-order valence-electron chi connectivity index (χ3n) is 8.97. The monoisotopic (exact) mass is 1100 g/mol. The SMILES string of the molecule is CC(C)OCCCN.CC1(C)OCC(CN)O1.CCCCOCCCN.CCCOCCCN.CCOC(CCCN)OCC.CCOCCCN.COC(CCCN)OC.COCCCN.NCCC1OCCO1. The first-order valence-electron chi connectivity index (χ1n) is 28.2. The van der Waals surface area contributed by atoms with Crippen molar-refractivity contribution in [2.24, 2.45) is 51.6 Å². The summed E-state index contributed by atoms with van der Waals surface area (Å²) in [6.45, 7) is 34.4. The summed E-state index contributed by atoms with van der Waals surface area (Å²) in [6.07, 6.45) is 13.2. The lowest BCUT2D eigenvalue weighted by atomic mass is 10.3. The van der Waals surface area contributed by atoms with Crippen molar-refractivity contribution in [1.82, 2.24) is 0 Å². The number of unbranched alkanes of at least 4 members (excludes halogenated alkanes) is 1. The maximum absolute atomic E-state index is 5.36. The van der Waals surface area contributed by atoms with Crippen molar-refractivity contribution in [3.8, 4) is 0 Å². The molecule has 75 heavy (non-hydrogen) atoms. The normalized spacial score (nSPS) is 14.2. The van der Waals surface area contributed by atoms with Gasteiger partial charge in [0.05, 0.1) is 32.0 Å². The molecular weight excluding hydrogens is 971 g/mol. The summed E-state index contributed by atoms with van der Waals surface area (Å²) in [6, 6.07) is 0. The second-order valence-electron chi connectivity index (χ2n) is 16.9. The van der Waals surface area contributed by atoms with Gasteiger partial charge in [-0.3, -0.25) is 0 Å². The number of rotatable bonds is 37. The van der Waals surface area contributed by atoms with Crippen LogP contribution in [0.4, 0.5) is 0 Å². The molecule has 2 rings (SSSR count). The summed E-state index contributed by atoms with van der Waals surface area (Å²) in [5, 5.41) is 0. The molecule has 2 aliphatic rings. The number of nitrogens with two attached hydrogens (primary N) is 9. The van der Waals surface area contributed by atoms with Gasteiger partial charge in [0.2, 0.25) is 0 Å². The van der Waals surface area contributed by atoms with Gasteiger partial charge >= 0.3 is 0 Å². The minimum atomic E-state index is -0.413. The van der Waals surface area contributed by atoms with Crippen molar-refractivity contribution in [3.05, 3.63) is 0 Å². The fourth-order valence-electron chi connectivity index (χ4n) is 5.00. The maximum Gasteiger partial charge on any atom is 0.163 e. The topological polar surface area (TPSA) is 354 Å². The minimum absolute atomic E-state index is 0.0139. The Bertz CT molecular complexity index is 888. The van der Waals surface area contributed by atoms with Crippen molar-refractivity contribution in [3.63, 3.8) is 0 Å². The third-order valence-corrected chi connectivity index (χ3v) is 8.97. The first-order valence-corrected chi connectivity index (χ1v) is 28.2. The van der Waals surface area contributed by atoms with Gasteiger partial charge in [0, 0.05) is 100 Å². The van der Waals surface area contributed by atoms with Gasteiger partial charge in [0.1, 0.15) is 0 Å². The molecule has 0 amide bonds. The van der Waals surface area contributed by atoms with Crippen LogP contribution in [0, 0.1) is 0 Å². The predicted molar refractivity (Wildman–Crippen MR) is 309 cm³/mol. The first kappa shape index (κ1) is 88.0. The maximum atomic E-state index is 5.36. The molecule has 0 spiro atoms. The van der Waals surface area contributed by atoms with E-state index in [4.69, 9.17) is 113 Å². The van der Waals surface area contributed by atoms with Gasteiger partial charge in [-0.15, -0.1) is 0 Å². The average molecular weight is 1100 g/mol. The standard InChI is InChI=1S/C8H19NO2.C7H17NO.C6H13NO2.C6H15NO2.2C6H15NO.C5H11NO2.C5H13NO.C4H11NO/c1-3-10-8(11-4-2)6-5-7-9;1-2-3-6-9-7-4-5-8;1-6(2)8-4-5(3-7)9-6;1-8-6(9-2)4-3-5-7;1-6(2)8-5-3-4-7;1-2-5-8-6-3-4-7;6-2-1-5-7-3-4-8-5;1-2-7-5-3-4-6;1-6-4-2-3-5/h8H,3-7,9H2,1-2H3;2-8H2,1H3;5H,3-4,7H2,1-2H3;6H,3-5,7H2,1-2H3;6H,3-5,7H2,1-2H3;2-7H2,1H3;5H,1-4,6H2;2-6H2,1H3;2-5H2,1H3. The van der Waals surface area contributed by atoms with Gasteiger partial charge in [0.25, 0.3) is 0 Å². The zero-order valence-electron chi connectivity index (χ0n) is 50.6. The Kier molecular flexibility index (Phi) is 96.1. The Balaban J connectivity index is -0.000000139. The molecule has 2 fully saturated rings. The zero-order chi connectivity index (χ0) is 58.3. The van der Waals surface area contributed by atoms with Crippen LogP contribution in [0.2, 0.25) is 0 Å². The zero-order valence-corrected chi connectivity index (χ0v) is 50.6. The summed E-state index contributed by atoms with van der Waals surface area (Å²) in [5.74, 6) is -0.413. The largest absolute Gasteiger partial charge is 0.385 e. The molecule has 0 bridgehead atoms. The molecule has 0 saturated carbocycles. The van der Waals surface area contributed by atoms with Crippen molar-refractivity contribution in [1.29, 1.82) is 0 Å². The third kappa shape index (κ3) is 92.8. The van der Waals surface area contributed by atoms with E-state index in [2.05, 4.69) is 13.8 Å². The molecule has 0 aromatic carbocycles. The second kappa shape index (κ2) is 82.0. The van der Waals surface area contributed by atoms with Crippen LogP contribution in [0.25, 0.3) is 0 Å². The molecule has 2 aliphatic heterocycles. The van der Waals surface area contributed by atoms with Gasteiger partial charge < -0.3 is 113 Å². The van der Waals surface area contributed by atoms with Gasteiger partial charge in [-0.25, -0.2) is 0 Å². The van der Waals surface area contributed by atoms with Crippen LogP contribution >= 0.6 is 0 Å². The predicted octanol–water partition coefficient (Wildman–Crippen LogP) is 4.30. The summed E-state index contributed by atoms with van der Waals surface area (Å²) < 4.78 is 66.5. The lowest BCUT2D eigenvalue weighted by Crippen LogP contribution is -2.26. The number of ether oxygens (including phenoxy) is 13. The molecule has 1 unspecified atom stereocenters. The van der Waals surface area contributed by atoms with Gasteiger partial charge in [-0.05, 0) is 171 Å². The average Bonchev–Trinajstić information content (AvgIpc) is 4.07. The molecule has 0 aliphatic carbocycles. The molecule has 1 atom stereocenters. The van der Waals surface area contributed by atoms with Crippen molar-refractivity contribution < 1.29 is 61.6 Å². The van der Waals surface area contributed by atoms with E-state index >= 15 is 0 Å². The molecule has 18 N–H and O–H groups in total. The molecular formula is C53H129N9O13. The van der Waals surface area contributed by atoms with E-state index in [0.29, 0.717) is 52.1 Å². The fourth-order valence-corrected chi connectivity index (χ4v) is 5.00. The highest BCUT2D eigenvalue weighted by molar-refractivity contribution is 4.70. The molecule has 0 radical (unpaired) electrons. The molecule has 2 heterocycles. The molecule has 2 saturated heterocycles. The number of hydrogen-bond donors (Lipinski definition) is 9. The molecule has 0 aromatic heterocycles. The van der Waals surface area contributed by atoms with Crippen LogP contribution < -0.4 is 51.6 Å². The molecule has 22 nitrogen and oxygen atoms in total. The van der Waals surface area contributed by atoms with Crippen molar-refractivity contribution >= 4 is 0 Å². The van der Waals surface area contributed by atoms with E-state index in [1.165, 1.54) is 12.8 Å². The second-order valence-corrected chi connectivity index (χ2v) is 16.9. The van der Waals surface area contributed by atoms with Gasteiger partial charge in [-0.2, -0.15) is 0 Å². The Morgan fingerprint density at radius 2 is 0.920 bits per heavy atom. The first-order chi connectivity index (χ1) is 36.2. The lowest BCUT2D eigenvalue weighted by Gasteiger charge is -2.15. The Labute approximate surface area is 460 Å². The number of methoxy groups -OCH3 is 3. The van der Waals surface area contributed by atoms with E-state index in [1.807, 2.05) is 48.5 Å². The highest BCUT2D eigenvalue weighted by atomic mass is 16.7.